The molecule has 0 aliphatic carbocycles. The lowest BCUT2D eigenvalue weighted by Crippen LogP contribution is -2.28. The third-order valence-corrected chi connectivity index (χ3v) is 4.03. The minimum atomic E-state index is -0.492. The van der Waals surface area contributed by atoms with E-state index in [4.69, 9.17) is 21.7 Å². The quantitative estimate of drug-likeness (QED) is 0.640. The first-order valence-corrected chi connectivity index (χ1v) is 7.95. The molecule has 0 amide bonds. The molecule has 1 N–H and O–H groups in total. The van der Waals surface area contributed by atoms with Gasteiger partial charge in [0.25, 0.3) is 5.17 Å². The van der Waals surface area contributed by atoms with Crippen LogP contribution in [0.1, 0.15) is 23.6 Å². The highest BCUT2D eigenvalue weighted by Gasteiger charge is 2.18. The van der Waals surface area contributed by atoms with Gasteiger partial charge in [0.05, 0.1) is 18.4 Å². The molecular weight excluding hydrogens is 329 g/mol. The van der Waals surface area contributed by atoms with Crippen molar-refractivity contribution in [1.82, 2.24) is 0 Å². The van der Waals surface area contributed by atoms with Gasteiger partial charge in [0.1, 0.15) is 18.2 Å². The summed E-state index contributed by atoms with van der Waals surface area (Å²) in [5.41, 5.74) is 2.56. The van der Waals surface area contributed by atoms with Gasteiger partial charge in [-0.3, -0.25) is 5.21 Å². The lowest BCUT2D eigenvalue weighted by molar-refractivity contribution is 0.262. The molecule has 0 aromatic heterocycles. The Bertz CT molecular complexity index is 736. The van der Waals surface area contributed by atoms with Gasteiger partial charge in [-0.25, -0.2) is 4.39 Å². The van der Waals surface area contributed by atoms with Gasteiger partial charge in [-0.05, 0) is 54.9 Å². The summed E-state index contributed by atoms with van der Waals surface area (Å²) in [6.45, 7) is 3.97. The maximum atomic E-state index is 14.2. The van der Waals surface area contributed by atoms with Gasteiger partial charge in [0, 0.05) is 0 Å². The number of hydrogen-bond acceptors (Lipinski definition) is 4. The summed E-state index contributed by atoms with van der Waals surface area (Å²) >= 11 is 4.88. The average Bonchev–Trinajstić information content (AvgIpc) is 2.59. The Labute approximate surface area is 146 Å². The molecule has 0 unspecified atom stereocenters. The number of nitrogens with zero attached hydrogens (tertiary/aromatic N) is 1. The number of anilines is 1. The van der Waals surface area contributed by atoms with Crippen LogP contribution in [0.3, 0.4) is 0 Å². The van der Waals surface area contributed by atoms with Crippen molar-refractivity contribution in [3.63, 3.8) is 0 Å². The highest BCUT2D eigenvalue weighted by atomic mass is 32.1. The summed E-state index contributed by atoms with van der Waals surface area (Å²) in [7, 11) is 1.33. The second-order valence-electron chi connectivity index (χ2n) is 5.26. The molecule has 0 aliphatic rings. The Morgan fingerprint density at radius 1 is 1.29 bits per heavy atom. The minimum absolute atomic E-state index is 0.0439. The minimum Gasteiger partial charge on any atom is -0.488 e. The van der Waals surface area contributed by atoms with Crippen LogP contribution < -0.4 is 9.80 Å². The van der Waals surface area contributed by atoms with E-state index in [-0.39, 0.29) is 23.0 Å². The van der Waals surface area contributed by atoms with Crippen molar-refractivity contribution in [3.8, 4) is 5.75 Å². The fourth-order valence-corrected chi connectivity index (χ4v) is 2.42. The predicted molar refractivity (Wildman–Crippen MR) is 95.2 cm³/mol. The lowest BCUT2D eigenvalue weighted by Gasteiger charge is -2.20. The topological polar surface area (TPSA) is 41.9 Å². The van der Waals surface area contributed by atoms with Crippen LogP contribution in [-0.2, 0) is 17.8 Å². The molecule has 0 fully saturated rings. The predicted octanol–water partition coefficient (Wildman–Crippen LogP) is 4.40. The van der Waals surface area contributed by atoms with E-state index in [0.717, 1.165) is 12.0 Å². The molecule has 6 heteroatoms. The van der Waals surface area contributed by atoms with E-state index >= 15 is 0 Å². The van der Waals surface area contributed by atoms with E-state index in [1.54, 1.807) is 6.07 Å². The van der Waals surface area contributed by atoms with Gasteiger partial charge in [-0.15, -0.1) is 0 Å². The summed E-state index contributed by atoms with van der Waals surface area (Å²) in [6.07, 6.45) is 0.937. The number of methoxy groups -OCH3 is 1. The number of rotatable bonds is 5. The van der Waals surface area contributed by atoms with Crippen LogP contribution in [0.5, 0.6) is 5.75 Å². The van der Waals surface area contributed by atoms with Crippen LogP contribution in [0.4, 0.5) is 10.1 Å². The van der Waals surface area contributed by atoms with Gasteiger partial charge in [-0.1, -0.05) is 25.1 Å². The molecule has 0 saturated heterocycles. The fraction of sp³-hybridized carbons (Fsp3) is 0.278. The Kier molecular flexibility index (Phi) is 6.11. The van der Waals surface area contributed by atoms with E-state index in [1.807, 2.05) is 25.1 Å². The van der Waals surface area contributed by atoms with E-state index in [9.17, 15) is 9.60 Å². The number of halogens is 1. The summed E-state index contributed by atoms with van der Waals surface area (Å²) in [4.78, 5) is 0. The maximum absolute atomic E-state index is 14.2. The number of benzene rings is 2. The first kappa shape index (κ1) is 18.2. The molecular formula is C18H20FNO3S. The Hall–Kier alpha value is -2.18. The molecule has 2 aromatic carbocycles. The molecule has 0 radical (unpaired) electrons. The van der Waals surface area contributed by atoms with Crippen molar-refractivity contribution >= 4 is 23.1 Å². The summed E-state index contributed by atoms with van der Waals surface area (Å²) in [6, 6.07) is 10.2. The number of thiocarbonyl (C=S) groups is 1. The van der Waals surface area contributed by atoms with Gasteiger partial charge in [0.2, 0.25) is 0 Å². The second kappa shape index (κ2) is 8.08. The first-order chi connectivity index (χ1) is 11.5. The van der Waals surface area contributed by atoms with Gasteiger partial charge >= 0.3 is 0 Å². The smallest absolute Gasteiger partial charge is 0.288 e. The summed E-state index contributed by atoms with van der Waals surface area (Å²) < 4.78 is 24.8. The molecule has 4 nitrogen and oxygen atoms in total. The zero-order chi connectivity index (χ0) is 17.7. The monoisotopic (exact) mass is 349 g/mol. The Morgan fingerprint density at radius 2 is 2.04 bits per heavy atom. The average molecular weight is 349 g/mol. The second-order valence-corrected chi connectivity index (χ2v) is 5.61. The van der Waals surface area contributed by atoms with Crippen LogP contribution in [0, 0.1) is 12.7 Å². The highest BCUT2D eigenvalue weighted by molar-refractivity contribution is 7.80. The van der Waals surface area contributed by atoms with Crippen LogP contribution in [0.15, 0.2) is 36.4 Å². The maximum Gasteiger partial charge on any atom is 0.288 e. The molecule has 0 spiro atoms. The normalized spacial score (nSPS) is 10.4. The van der Waals surface area contributed by atoms with E-state index in [2.05, 4.69) is 6.92 Å². The van der Waals surface area contributed by atoms with Gasteiger partial charge in [0.15, 0.2) is 0 Å². The fourth-order valence-electron chi connectivity index (χ4n) is 2.32. The molecule has 0 heterocycles. The van der Waals surface area contributed by atoms with Crippen LogP contribution >= 0.6 is 12.2 Å². The van der Waals surface area contributed by atoms with Crippen molar-refractivity contribution < 1.29 is 19.1 Å². The van der Waals surface area contributed by atoms with Gasteiger partial charge in [-0.2, -0.15) is 5.06 Å². The van der Waals surface area contributed by atoms with E-state index in [0.29, 0.717) is 10.8 Å². The standard InChI is InChI=1S/C18H20FNO3S/c1-4-13-8-9-17(12(2)10-13)23-11-14-15(19)6-5-7-16(14)20(21)18(24)22-3/h5-10,21H,4,11H2,1-3H3. The summed E-state index contributed by atoms with van der Waals surface area (Å²) in [5, 5.41) is 10.5. The zero-order valence-corrected chi connectivity index (χ0v) is 14.7. The van der Waals surface area contributed by atoms with Crippen molar-refractivity contribution in [2.24, 2.45) is 0 Å². The SMILES string of the molecule is CCc1ccc(OCc2c(F)cccc2N(O)C(=S)OC)c(C)c1. The van der Waals surface area contributed by atoms with Crippen LogP contribution in [0.2, 0.25) is 0 Å². The molecule has 0 saturated carbocycles. The van der Waals surface area contributed by atoms with Crippen molar-refractivity contribution in [3.05, 3.63) is 58.9 Å². The Balaban J connectivity index is 2.25. The highest BCUT2D eigenvalue weighted by Crippen LogP contribution is 2.26. The zero-order valence-electron chi connectivity index (χ0n) is 13.9. The van der Waals surface area contributed by atoms with Crippen LogP contribution in [-0.4, -0.2) is 17.5 Å². The molecule has 24 heavy (non-hydrogen) atoms. The van der Waals surface area contributed by atoms with E-state index in [1.165, 1.54) is 24.8 Å². The number of hydrogen-bond donors (Lipinski definition) is 1. The largest absolute Gasteiger partial charge is 0.488 e. The van der Waals surface area contributed by atoms with E-state index < -0.39 is 5.82 Å². The molecule has 128 valence electrons. The molecule has 0 aliphatic heterocycles. The number of hydroxylamine groups is 1. The number of ether oxygens (including phenoxy) is 2. The lowest BCUT2D eigenvalue weighted by atomic mass is 10.1. The molecule has 2 rings (SSSR count). The first-order valence-electron chi connectivity index (χ1n) is 7.54. The molecule has 2 aromatic rings. The Morgan fingerprint density at radius 3 is 2.67 bits per heavy atom. The molecule has 0 atom stereocenters. The van der Waals surface area contributed by atoms with Gasteiger partial charge < -0.3 is 9.47 Å². The van der Waals surface area contributed by atoms with Crippen molar-refractivity contribution in [2.75, 3.05) is 12.2 Å². The van der Waals surface area contributed by atoms with Crippen LogP contribution in [0.25, 0.3) is 0 Å². The number of aryl methyl sites for hydroxylation is 2. The summed E-state index contributed by atoms with van der Waals surface area (Å²) in [5.74, 6) is 0.175. The van der Waals surface area contributed by atoms with Crippen molar-refractivity contribution in [2.45, 2.75) is 26.9 Å². The van der Waals surface area contributed by atoms with Crippen molar-refractivity contribution in [1.29, 1.82) is 0 Å². The third-order valence-electron chi connectivity index (χ3n) is 3.69. The third kappa shape index (κ3) is 4.01. The molecule has 0 bridgehead atoms.